The van der Waals surface area contributed by atoms with E-state index < -0.39 is 10.0 Å². The zero-order valence-electron chi connectivity index (χ0n) is 19.0. The lowest BCUT2D eigenvalue weighted by atomic mass is 10.1. The number of rotatable bonds is 9. The molecule has 1 fully saturated rings. The van der Waals surface area contributed by atoms with Gasteiger partial charge in [0.1, 0.15) is 0 Å². The number of piperazine rings is 1. The fraction of sp³-hybridized carbons (Fsp3) is 0.458. The van der Waals surface area contributed by atoms with Crippen LogP contribution in [0, 0.1) is 0 Å². The van der Waals surface area contributed by atoms with Crippen LogP contribution in [0.3, 0.4) is 0 Å². The van der Waals surface area contributed by atoms with Gasteiger partial charge in [-0.25, -0.2) is 13.1 Å². The lowest BCUT2D eigenvalue weighted by Gasteiger charge is -2.35. The maximum Gasteiger partial charge on any atom is 0.240 e. The molecule has 4 rings (SSSR count). The first-order valence-electron chi connectivity index (χ1n) is 11.4. The van der Waals surface area contributed by atoms with Crippen molar-refractivity contribution >= 4 is 15.9 Å². The van der Waals surface area contributed by atoms with Crippen LogP contribution in [0.25, 0.3) is 0 Å². The summed E-state index contributed by atoms with van der Waals surface area (Å²) in [4.78, 5) is 17.2. The number of ether oxygens (including phenoxy) is 2. The smallest absolute Gasteiger partial charge is 0.240 e. The van der Waals surface area contributed by atoms with Crippen LogP contribution < -0.4 is 14.2 Å². The number of nitrogens with one attached hydrogen (secondary N) is 1. The number of hydrogen-bond acceptors (Lipinski definition) is 6. The molecule has 1 amide bonds. The van der Waals surface area contributed by atoms with Gasteiger partial charge in [0, 0.05) is 45.7 Å². The highest BCUT2D eigenvalue weighted by Gasteiger charge is 2.22. The van der Waals surface area contributed by atoms with E-state index in [9.17, 15) is 13.2 Å². The van der Waals surface area contributed by atoms with E-state index in [1.807, 2.05) is 24.0 Å². The molecule has 9 heteroatoms. The predicted molar refractivity (Wildman–Crippen MR) is 125 cm³/mol. The van der Waals surface area contributed by atoms with Gasteiger partial charge in [0.05, 0.1) is 4.90 Å². The second-order valence-electron chi connectivity index (χ2n) is 8.39. The lowest BCUT2D eigenvalue weighted by Crippen LogP contribution is -2.48. The Bertz CT molecular complexity index is 1060. The number of aryl methyl sites for hydroxylation is 1. The van der Waals surface area contributed by atoms with Gasteiger partial charge < -0.3 is 14.4 Å². The van der Waals surface area contributed by atoms with Gasteiger partial charge in [-0.1, -0.05) is 25.1 Å². The topological polar surface area (TPSA) is 88.2 Å². The Labute approximate surface area is 195 Å². The molecule has 1 saturated heterocycles. The Hall–Kier alpha value is -2.62. The minimum Gasteiger partial charge on any atom is -0.454 e. The molecule has 1 N–H and O–H groups in total. The molecule has 0 radical (unpaired) electrons. The summed E-state index contributed by atoms with van der Waals surface area (Å²) < 4.78 is 37.7. The van der Waals surface area contributed by atoms with Crippen molar-refractivity contribution < 1.29 is 22.7 Å². The molecule has 2 heterocycles. The average molecular weight is 474 g/mol. The number of carbonyl (C=O) groups excluding carboxylic acids is 1. The highest BCUT2D eigenvalue weighted by molar-refractivity contribution is 7.89. The predicted octanol–water partition coefficient (Wildman–Crippen LogP) is 2.38. The number of nitrogens with zero attached hydrogens (tertiary/aromatic N) is 2. The Morgan fingerprint density at radius 2 is 1.67 bits per heavy atom. The van der Waals surface area contributed by atoms with Crippen molar-refractivity contribution in [3.8, 4) is 11.5 Å². The molecule has 2 aromatic rings. The van der Waals surface area contributed by atoms with E-state index in [1.54, 1.807) is 24.3 Å². The summed E-state index contributed by atoms with van der Waals surface area (Å²) in [5, 5.41) is 0. The quantitative estimate of drug-likeness (QED) is 0.602. The first-order chi connectivity index (χ1) is 15.9. The molecule has 0 bridgehead atoms. The van der Waals surface area contributed by atoms with E-state index in [4.69, 9.17) is 9.47 Å². The standard InChI is InChI=1S/C24H31N3O5S/c1-2-11-25-33(29,30)21-7-3-19(4-8-21)6-10-24(28)27-14-12-26(13-15-27)17-20-5-9-22-23(16-20)32-18-31-22/h3-5,7-9,16,25H,2,6,10-15,17-18H2,1H3. The molecule has 2 aliphatic heterocycles. The van der Waals surface area contributed by atoms with Crippen LogP contribution in [0.2, 0.25) is 0 Å². The van der Waals surface area contributed by atoms with Gasteiger partial charge in [-0.2, -0.15) is 0 Å². The first-order valence-corrected chi connectivity index (χ1v) is 12.9. The van der Waals surface area contributed by atoms with Crippen LogP contribution in [0.5, 0.6) is 11.5 Å². The number of hydrogen-bond donors (Lipinski definition) is 1. The molecule has 178 valence electrons. The normalized spacial score (nSPS) is 16.2. The highest BCUT2D eigenvalue weighted by Crippen LogP contribution is 2.32. The van der Waals surface area contributed by atoms with Crippen LogP contribution in [-0.4, -0.2) is 63.6 Å². The summed E-state index contributed by atoms with van der Waals surface area (Å²) in [6.45, 7) is 6.52. The van der Waals surface area contributed by atoms with Gasteiger partial charge >= 0.3 is 0 Å². The summed E-state index contributed by atoms with van der Waals surface area (Å²) >= 11 is 0. The molecule has 2 aliphatic rings. The lowest BCUT2D eigenvalue weighted by molar-refractivity contribution is -0.133. The summed E-state index contributed by atoms with van der Waals surface area (Å²) in [6, 6.07) is 12.8. The summed E-state index contributed by atoms with van der Waals surface area (Å²) in [5.74, 6) is 1.72. The number of sulfonamides is 1. The third-order valence-electron chi connectivity index (χ3n) is 5.97. The number of fused-ring (bicyclic) bond motifs is 1. The average Bonchev–Trinajstić information content (AvgIpc) is 3.30. The minimum atomic E-state index is -3.46. The van der Waals surface area contributed by atoms with Crippen molar-refractivity contribution in [2.24, 2.45) is 0 Å². The second kappa shape index (κ2) is 10.5. The van der Waals surface area contributed by atoms with Crippen molar-refractivity contribution in [2.45, 2.75) is 37.6 Å². The van der Waals surface area contributed by atoms with E-state index >= 15 is 0 Å². The third-order valence-corrected chi connectivity index (χ3v) is 7.45. The van der Waals surface area contributed by atoms with Crippen LogP contribution in [0.1, 0.15) is 30.9 Å². The SMILES string of the molecule is CCCNS(=O)(=O)c1ccc(CCC(=O)N2CCN(Cc3ccc4c(c3)OCO4)CC2)cc1. The van der Waals surface area contributed by atoms with Crippen molar-refractivity contribution in [3.63, 3.8) is 0 Å². The molecule has 0 unspecified atom stereocenters. The van der Waals surface area contributed by atoms with Gasteiger partial charge in [-0.05, 0) is 48.2 Å². The molecular weight excluding hydrogens is 442 g/mol. The molecular formula is C24H31N3O5S. The van der Waals surface area contributed by atoms with E-state index in [2.05, 4.69) is 15.7 Å². The number of carbonyl (C=O) groups is 1. The highest BCUT2D eigenvalue weighted by atomic mass is 32.2. The van der Waals surface area contributed by atoms with Gasteiger partial charge in [0.2, 0.25) is 22.7 Å². The Morgan fingerprint density at radius 1 is 0.970 bits per heavy atom. The van der Waals surface area contributed by atoms with Crippen molar-refractivity contribution in [3.05, 3.63) is 53.6 Å². The Morgan fingerprint density at radius 3 is 2.39 bits per heavy atom. The fourth-order valence-electron chi connectivity index (χ4n) is 4.02. The fourth-order valence-corrected chi connectivity index (χ4v) is 5.15. The third kappa shape index (κ3) is 6.04. The minimum absolute atomic E-state index is 0.138. The molecule has 0 atom stereocenters. The zero-order chi connectivity index (χ0) is 23.3. The molecule has 0 aromatic heterocycles. The second-order valence-corrected chi connectivity index (χ2v) is 10.2. The summed E-state index contributed by atoms with van der Waals surface area (Å²) in [7, 11) is -3.46. The van der Waals surface area contributed by atoms with Gasteiger partial charge in [0.25, 0.3) is 0 Å². The Kier molecular flexibility index (Phi) is 7.52. The van der Waals surface area contributed by atoms with E-state index in [-0.39, 0.29) is 17.6 Å². The summed E-state index contributed by atoms with van der Waals surface area (Å²) in [5.41, 5.74) is 2.13. The number of benzene rings is 2. The van der Waals surface area contributed by atoms with E-state index in [1.165, 1.54) is 5.56 Å². The van der Waals surface area contributed by atoms with Crippen molar-refractivity contribution in [1.29, 1.82) is 0 Å². The van der Waals surface area contributed by atoms with Crippen LogP contribution in [0.15, 0.2) is 47.4 Å². The van der Waals surface area contributed by atoms with E-state index in [0.717, 1.165) is 43.1 Å². The van der Waals surface area contributed by atoms with Crippen molar-refractivity contribution in [2.75, 3.05) is 39.5 Å². The van der Waals surface area contributed by atoms with Crippen LogP contribution >= 0.6 is 0 Å². The monoisotopic (exact) mass is 473 g/mol. The largest absolute Gasteiger partial charge is 0.454 e. The maximum atomic E-state index is 12.7. The molecule has 0 spiro atoms. The molecule has 0 aliphatic carbocycles. The first kappa shape index (κ1) is 23.5. The van der Waals surface area contributed by atoms with E-state index in [0.29, 0.717) is 32.5 Å². The Balaban J connectivity index is 1.22. The molecule has 0 saturated carbocycles. The van der Waals surface area contributed by atoms with Gasteiger partial charge in [-0.3, -0.25) is 9.69 Å². The maximum absolute atomic E-state index is 12.7. The van der Waals surface area contributed by atoms with Gasteiger partial charge in [-0.15, -0.1) is 0 Å². The van der Waals surface area contributed by atoms with Crippen LogP contribution in [-0.2, 0) is 27.8 Å². The van der Waals surface area contributed by atoms with Gasteiger partial charge in [0.15, 0.2) is 11.5 Å². The van der Waals surface area contributed by atoms with Crippen LogP contribution in [0.4, 0.5) is 0 Å². The molecule has 8 nitrogen and oxygen atoms in total. The summed E-state index contributed by atoms with van der Waals surface area (Å²) in [6.07, 6.45) is 1.76. The van der Waals surface area contributed by atoms with Crippen molar-refractivity contribution in [1.82, 2.24) is 14.5 Å². The number of amides is 1. The zero-order valence-corrected chi connectivity index (χ0v) is 19.8. The molecule has 2 aromatic carbocycles. The molecule has 33 heavy (non-hydrogen) atoms.